The first kappa shape index (κ1) is 14.6. The van der Waals surface area contributed by atoms with Crippen molar-refractivity contribution in [1.29, 1.82) is 0 Å². The number of benzene rings is 1. The van der Waals surface area contributed by atoms with Gasteiger partial charge in [-0.1, -0.05) is 17.2 Å². The van der Waals surface area contributed by atoms with Crippen molar-refractivity contribution in [1.82, 2.24) is 0 Å². The molecule has 0 spiro atoms. The molecular weight excluding hydrogens is 252 g/mol. The normalized spacial score (nSPS) is 10.1. The minimum Gasteiger partial charge on any atom is -0.496 e. The van der Waals surface area contributed by atoms with Gasteiger partial charge in [0.1, 0.15) is 5.75 Å². The highest BCUT2D eigenvalue weighted by molar-refractivity contribution is 6.33. The number of rotatable bonds is 3. The van der Waals surface area contributed by atoms with Crippen LogP contribution in [0.2, 0.25) is 5.02 Å². The fourth-order valence-electron chi connectivity index (χ4n) is 1.96. The second-order valence-corrected chi connectivity index (χ2v) is 4.77. The second-order valence-electron chi connectivity index (χ2n) is 4.39. The Bertz CT molecular complexity index is 526. The maximum Gasteiger partial charge on any atom is 0.336 e. The highest BCUT2D eigenvalue weighted by Gasteiger charge is 2.21. The van der Waals surface area contributed by atoms with Crippen LogP contribution in [0.1, 0.15) is 30.5 Å². The lowest BCUT2D eigenvalue weighted by Gasteiger charge is -2.16. The first-order chi connectivity index (χ1) is 8.31. The molecular formula is C14H17ClO3. The van der Waals surface area contributed by atoms with Gasteiger partial charge in [-0.2, -0.15) is 0 Å². The molecule has 0 aliphatic heterocycles. The minimum absolute atomic E-state index is 0.242. The Kier molecular flexibility index (Phi) is 4.41. The average Bonchev–Trinajstić information content (AvgIpc) is 2.28. The van der Waals surface area contributed by atoms with Crippen molar-refractivity contribution in [3.05, 3.63) is 33.4 Å². The Morgan fingerprint density at radius 3 is 2.28 bits per heavy atom. The van der Waals surface area contributed by atoms with E-state index in [4.69, 9.17) is 16.3 Å². The van der Waals surface area contributed by atoms with Crippen LogP contribution in [0.4, 0.5) is 0 Å². The van der Waals surface area contributed by atoms with Crippen LogP contribution in [0.25, 0.3) is 5.57 Å². The van der Waals surface area contributed by atoms with Crippen LogP contribution in [0, 0.1) is 13.8 Å². The predicted octanol–water partition coefficient (Wildman–Crippen LogP) is 3.84. The molecule has 18 heavy (non-hydrogen) atoms. The van der Waals surface area contributed by atoms with Gasteiger partial charge in [0.05, 0.1) is 12.7 Å². The van der Waals surface area contributed by atoms with Crippen molar-refractivity contribution in [2.75, 3.05) is 7.11 Å². The summed E-state index contributed by atoms with van der Waals surface area (Å²) in [4.78, 5) is 11.4. The summed E-state index contributed by atoms with van der Waals surface area (Å²) in [6.07, 6.45) is 0. The SMILES string of the molecule is COc1cc(C)c(Cl)c(C)c1C(C(=O)O)=C(C)C. The van der Waals surface area contributed by atoms with Crippen molar-refractivity contribution in [2.45, 2.75) is 27.7 Å². The van der Waals surface area contributed by atoms with Crippen LogP contribution in [-0.4, -0.2) is 18.2 Å². The van der Waals surface area contributed by atoms with Crippen molar-refractivity contribution >= 4 is 23.1 Å². The molecule has 1 rings (SSSR count). The van der Waals surface area contributed by atoms with Crippen molar-refractivity contribution in [3.8, 4) is 5.75 Å². The number of halogens is 1. The van der Waals surface area contributed by atoms with Gasteiger partial charge in [-0.05, 0) is 44.9 Å². The van der Waals surface area contributed by atoms with E-state index in [1.165, 1.54) is 7.11 Å². The Labute approximate surface area is 112 Å². The number of carbonyl (C=O) groups is 1. The Morgan fingerprint density at radius 1 is 1.33 bits per heavy atom. The maximum absolute atomic E-state index is 11.4. The number of carboxylic acid groups (broad SMARTS) is 1. The molecule has 0 heterocycles. The zero-order valence-corrected chi connectivity index (χ0v) is 12.0. The summed E-state index contributed by atoms with van der Waals surface area (Å²) in [6, 6.07) is 1.76. The van der Waals surface area contributed by atoms with Crippen LogP contribution in [0.15, 0.2) is 11.6 Å². The van der Waals surface area contributed by atoms with Gasteiger partial charge in [0.2, 0.25) is 0 Å². The molecule has 0 aliphatic rings. The first-order valence-electron chi connectivity index (χ1n) is 5.56. The largest absolute Gasteiger partial charge is 0.496 e. The number of carboxylic acids is 1. The third-order valence-corrected chi connectivity index (χ3v) is 3.41. The highest BCUT2D eigenvalue weighted by Crippen LogP contribution is 2.37. The summed E-state index contributed by atoms with van der Waals surface area (Å²) in [7, 11) is 1.52. The van der Waals surface area contributed by atoms with Gasteiger partial charge in [-0.3, -0.25) is 0 Å². The molecule has 0 bridgehead atoms. The molecule has 0 atom stereocenters. The van der Waals surface area contributed by atoms with E-state index < -0.39 is 5.97 Å². The Hall–Kier alpha value is -1.48. The van der Waals surface area contributed by atoms with E-state index >= 15 is 0 Å². The molecule has 0 saturated heterocycles. The van der Waals surface area contributed by atoms with Crippen LogP contribution in [0.5, 0.6) is 5.75 Å². The third-order valence-electron chi connectivity index (χ3n) is 2.83. The summed E-state index contributed by atoms with van der Waals surface area (Å²) in [5, 5.41) is 9.92. The lowest BCUT2D eigenvalue weighted by atomic mass is 9.94. The molecule has 1 N–H and O–H groups in total. The molecule has 0 saturated carbocycles. The number of ether oxygens (including phenoxy) is 1. The van der Waals surface area contributed by atoms with Gasteiger partial charge >= 0.3 is 5.97 Å². The predicted molar refractivity (Wildman–Crippen MR) is 73.4 cm³/mol. The molecule has 4 heteroatoms. The molecule has 0 unspecified atom stereocenters. The van der Waals surface area contributed by atoms with Gasteiger partial charge in [0.15, 0.2) is 0 Å². The summed E-state index contributed by atoms with van der Waals surface area (Å²) in [6.45, 7) is 7.19. The van der Waals surface area contributed by atoms with Crippen LogP contribution >= 0.6 is 11.6 Å². The van der Waals surface area contributed by atoms with Gasteiger partial charge in [-0.25, -0.2) is 4.79 Å². The van der Waals surface area contributed by atoms with Gasteiger partial charge in [0.25, 0.3) is 0 Å². The number of allylic oxidation sites excluding steroid dienone is 1. The number of aliphatic carboxylic acids is 1. The van der Waals surface area contributed by atoms with E-state index in [1.807, 2.05) is 6.92 Å². The summed E-state index contributed by atoms with van der Waals surface area (Å²) < 4.78 is 5.29. The van der Waals surface area contributed by atoms with E-state index in [1.54, 1.807) is 26.8 Å². The van der Waals surface area contributed by atoms with E-state index in [-0.39, 0.29) is 5.57 Å². The molecule has 1 aromatic carbocycles. The first-order valence-corrected chi connectivity index (χ1v) is 5.93. The van der Waals surface area contributed by atoms with Crippen LogP contribution in [-0.2, 0) is 4.79 Å². The highest BCUT2D eigenvalue weighted by atomic mass is 35.5. The summed E-state index contributed by atoms with van der Waals surface area (Å²) in [5.41, 5.74) is 3.11. The van der Waals surface area contributed by atoms with Gasteiger partial charge in [0, 0.05) is 10.6 Å². The summed E-state index contributed by atoms with van der Waals surface area (Å²) in [5.74, 6) is -0.440. The quantitative estimate of drug-likeness (QED) is 0.847. The van der Waals surface area contributed by atoms with E-state index in [0.29, 0.717) is 21.9 Å². The van der Waals surface area contributed by atoms with Gasteiger partial charge in [-0.15, -0.1) is 0 Å². The molecule has 0 fully saturated rings. The average molecular weight is 269 g/mol. The molecule has 0 radical (unpaired) electrons. The smallest absolute Gasteiger partial charge is 0.336 e. The molecule has 1 aromatic rings. The van der Waals surface area contributed by atoms with E-state index in [2.05, 4.69) is 0 Å². The monoisotopic (exact) mass is 268 g/mol. The Morgan fingerprint density at radius 2 is 1.89 bits per heavy atom. The number of hydrogen-bond donors (Lipinski definition) is 1. The molecule has 98 valence electrons. The molecule has 3 nitrogen and oxygen atoms in total. The topological polar surface area (TPSA) is 46.5 Å². The van der Waals surface area contributed by atoms with E-state index in [0.717, 1.165) is 11.1 Å². The lowest BCUT2D eigenvalue weighted by Crippen LogP contribution is -2.06. The van der Waals surface area contributed by atoms with Crippen molar-refractivity contribution < 1.29 is 14.6 Å². The molecule has 0 aromatic heterocycles. The molecule has 0 amide bonds. The van der Waals surface area contributed by atoms with Gasteiger partial charge < -0.3 is 9.84 Å². The number of methoxy groups -OCH3 is 1. The number of aryl methyl sites for hydroxylation is 1. The van der Waals surface area contributed by atoms with Crippen molar-refractivity contribution in [2.24, 2.45) is 0 Å². The van der Waals surface area contributed by atoms with E-state index in [9.17, 15) is 9.90 Å². The Balaban J connectivity index is 3.73. The van der Waals surface area contributed by atoms with Crippen molar-refractivity contribution in [3.63, 3.8) is 0 Å². The fraction of sp³-hybridized carbons (Fsp3) is 0.357. The standard InChI is InChI=1S/C14H17ClO3/c1-7(2)11(14(16)17)12-9(4)13(15)8(3)6-10(12)18-5/h6H,1-5H3,(H,16,17). The van der Waals surface area contributed by atoms with Crippen LogP contribution in [0.3, 0.4) is 0 Å². The fourth-order valence-corrected chi connectivity index (χ4v) is 2.11. The minimum atomic E-state index is -0.976. The maximum atomic E-state index is 11.4. The zero-order valence-electron chi connectivity index (χ0n) is 11.2. The van der Waals surface area contributed by atoms with Crippen LogP contribution < -0.4 is 4.74 Å². The summed E-state index contributed by atoms with van der Waals surface area (Å²) >= 11 is 6.19. The zero-order chi connectivity index (χ0) is 14.0. The number of hydrogen-bond acceptors (Lipinski definition) is 2. The molecule has 0 aliphatic carbocycles. The lowest BCUT2D eigenvalue weighted by molar-refractivity contribution is -0.130. The second kappa shape index (κ2) is 5.44. The third kappa shape index (κ3) is 2.51.